The Balaban J connectivity index is 0.925. The SMILES string of the molecule is C1=CC(C2C=CC(c3nc(-c4ccc(-c5ccccc5)cc4)nc(-n4c5ccccc5c5c(-c6ccc7c(c6)c6ccccc6n7C6=CCCc7c6oc6ccccc76)cccc54)n3)=CC2)=CCC1. The van der Waals surface area contributed by atoms with Gasteiger partial charge in [0.1, 0.15) is 5.58 Å². The molecule has 6 heteroatoms. The molecule has 0 aliphatic heterocycles. The monoisotopic (exact) mass is 887 g/mol. The van der Waals surface area contributed by atoms with Gasteiger partial charge in [-0.05, 0) is 96.3 Å². The summed E-state index contributed by atoms with van der Waals surface area (Å²) < 4.78 is 11.3. The van der Waals surface area contributed by atoms with Crippen LogP contribution in [0.1, 0.15) is 42.8 Å². The zero-order chi connectivity index (χ0) is 45.4. The molecule has 1 unspecified atom stereocenters. The number of fused-ring (bicyclic) bond motifs is 9. The first-order chi connectivity index (χ1) is 34.2. The third kappa shape index (κ3) is 6.51. The highest BCUT2D eigenvalue weighted by atomic mass is 16.3. The van der Waals surface area contributed by atoms with Crippen LogP contribution in [0.2, 0.25) is 0 Å². The summed E-state index contributed by atoms with van der Waals surface area (Å²) in [5.41, 5.74) is 15.7. The molecule has 0 saturated heterocycles. The van der Waals surface area contributed by atoms with Gasteiger partial charge in [-0.1, -0.05) is 170 Å². The summed E-state index contributed by atoms with van der Waals surface area (Å²) in [7, 11) is 0. The molecule has 0 bridgehead atoms. The van der Waals surface area contributed by atoms with Crippen LogP contribution in [0, 0.1) is 5.92 Å². The first kappa shape index (κ1) is 39.5. The maximum absolute atomic E-state index is 6.65. The second-order valence-electron chi connectivity index (χ2n) is 18.4. The second kappa shape index (κ2) is 16.0. The van der Waals surface area contributed by atoms with Crippen LogP contribution < -0.4 is 0 Å². The first-order valence-corrected chi connectivity index (χ1v) is 24.2. The van der Waals surface area contributed by atoms with Gasteiger partial charge in [0, 0.05) is 49.5 Å². The smallest absolute Gasteiger partial charge is 0.238 e. The number of furan rings is 1. The van der Waals surface area contributed by atoms with Crippen LogP contribution in [0.3, 0.4) is 0 Å². The molecule has 1 atom stereocenters. The highest BCUT2D eigenvalue weighted by Gasteiger charge is 2.26. The number of hydrogen-bond donors (Lipinski definition) is 0. The third-order valence-corrected chi connectivity index (χ3v) is 14.5. The van der Waals surface area contributed by atoms with E-state index >= 15 is 0 Å². The lowest BCUT2D eigenvalue weighted by Crippen LogP contribution is -2.09. The van der Waals surface area contributed by atoms with E-state index in [0.29, 0.717) is 23.5 Å². The van der Waals surface area contributed by atoms with Crippen LogP contribution in [0.15, 0.2) is 216 Å². The maximum Gasteiger partial charge on any atom is 0.238 e. The summed E-state index contributed by atoms with van der Waals surface area (Å²) in [6, 6.07) is 58.5. The van der Waals surface area contributed by atoms with Gasteiger partial charge in [0.25, 0.3) is 0 Å². The Morgan fingerprint density at radius 3 is 2.03 bits per heavy atom. The average molecular weight is 888 g/mol. The molecule has 0 saturated carbocycles. The molecule has 4 heterocycles. The molecule has 3 aliphatic carbocycles. The Morgan fingerprint density at radius 2 is 1.20 bits per heavy atom. The van der Waals surface area contributed by atoms with Gasteiger partial charge in [-0.25, -0.2) is 4.98 Å². The largest absolute Gasteiger partial charge is 0.454 e. The predicted molar refractivity (Wildman–Crippen MR) is 283 cm³/mol. The van der Waals surface area contributed by atoms with Crippen molar-refractivity contribution in [2.24, 2.45) is 5.92 Å². The van der Waals surface area contributed by atoms with E-state index in [9.17, 15) is 0 Å². The normalized spacial score (nSPS) is 15.8. The Morgan fingerprint density at radius 1 is 0.493 bits per heavy atom. The van der Waals surface area contributed by atoms with Gasteiger partial charge in [-0.15, -0.1) is 0 Å². The minimum absolute atomic E-state index is 0.344. The summed E-state index contributed by atoms with van der Waals surface area (Å²) in [5.74, 6) is 3.20. The topological polar surface area (TPSA) is 61.7 Å². The number of nitrogens with zero attached hydrogens (tertiary/aromatic N) is 5. The molecule has 4 aromatic heterocycles. The van der Waals surface area contributed by atoms with E-state index in [-0.39, 0.29) is 0 Å². The van der Waals surface area contributed by atoms with Crippen molar-refractivity contribution in [3.8, 4) is 39.6 Å². The predicted octanol–water partition coefficient (Wildman–Crippen LogP) is 15.9. The van der Waals surface area contributed by atoms with E-state index in [0.717, 1.165) is 110 Å². The van der Waals surface area contributed by atoms with Crippen LogP contribution in [0.5, 0.6) is 0 Å². The van der Waals surface area contributed by atoms with Crippen molar-refractivity contribution in [2.45, 2.75) is 32.1 Å². The summed E-state index contributed by atoms with van der Waals surface area (Å²) >= 11 is 0. The van der Waals surface area contributed by atoms with Gasteiger partial charge in [0.2, 0.25) is 5.95 Å². The molecule has 328 valence electrons. The number of allylic oxidation sites excluding steroid dienone is 9. The molecular weight excluding hydrogens is 843 g/mol. The lowest BCUT2D eigenvalue weighted by Gasteiger charge is -2.19. The molecular formula is C63H45N5O. The molecule has 3 aliphatic rings. The summed E-state index contributed by atoms with van der Waals surface area (Å²) in [5, 5.41) is 5.91. The molecule has 69 heavy (non-hydrogen) atoms. The van der Waals surface area contributed by atoms with Crippen LogP contribution in [-0.2, 0) is 6.42 Å². The maximum atomic E-state index is 6.65. The fourth-order valence-electron chi connectivity index (χ4n) is 11.2. The molecule has 0 spiro atoms. The molecule has 6 nitrogen and oxygen atoms in total. The second-order valence-corrected chi connectivity index (χ2v) is 18.4. The zero-order valence-electron chi connectivity index (χ0n) is 37.9. The van der Waals surface area contributed by atoms with Gasteiger partial charge in [0.05, 0.1) is 27.8 Å². The van der Waals surface area contributed by atoms with Crippen molar-refractivity contribution in [2.75, 3.05) is 0 Å². The Kier molecular flexibility index (Phi) is 9.19. The van der Waals surface area contributed by atoms with E-state index in [1.165, 1.54) is 32.9 Å². The quantitative estimate of drug-likeness (QED) is 0.160. The van der Waals surface area contributed by atoms with Crippen molar-refractivity contribution in [3.05, 3.63) is 229 Å². The average Bonchev–Trinajstić information content (AvgIpc) is 4.09. The molecule has 0 amide bonds. The molecule has 11 aromatic rings. The van der Waals surface area contributed by atoms with Crippen molar-refractivity contribution < 1.29 is 4.42 Å². The van der Waals surface area contributed by atoms with Crippen LogP contribution in [0.4, 0.5) is 0 Å². The van der Waals surface area contributed by atoms with Crippen LogP contribution in [-0.4, -0.2) is 24.1 Å². The zero-order valence-corrected chi connectivity index (χ0v) is 37.9. The number of aryl methyl sites for hydroxylation is 1. The Hall–Kier alpha value is -8.61. The highest BCUT2D eigenvalue weighted by Crippen LogP contribution is 2.44. The number of benzene rings is 7. The highest BCUT2D eigenvalue weighted by molar-refractivity contribution is 6.17. The molecule has 14 rings (SSSR count). The van der Waals surface area contributed by atoms with E-state index in [1.807, 2.05) is 0 Å². The number of hydrogen-bond acceptors (Lipinski definition) is 4. The van der Waals surface area contributed by atoms with E-state index in [1.54, 1.807) is 0 Å². The van der Waals surface area contributed by atoms with Crippen molar-refractivity contribution in [3.63, 3.8) is 0 Å². The van der Waals surface area contributed by atoms with E-state index < -0.39 is 0 Å². The number of para-hydroxylation sites is 3. The Labute approximate surface area is 399 Å². The molecule has 7 aromatic carbocycles. The van der Waals surface area contributed by atoms with Crippen LogP contribution >= 0.6 is 0 Å². The van der Waals surface area contributed by atoms with Gasteiger partial charge >= 0.3 is 0 Å². The van der Waals surface area contributed by atoms with Crippen molar-refractivity contribution >= 4 is 65.9 Å². The third-order valence-electron chi connectivity index (χ3n) is 14.5. The first-order valence-electron chi connectivity index (χ1n) is 24.2. The van der Waals surface area contributed by atoms with Gasteiger partial charge < -0.3 is 8.98 Å². The van der Waals surface area contributed by atoms with E-state index in [4.69, 9.17) is 19.4 Å². The van der Waals surface area contributed by atoms with Crippen molar-refractivity contribution in [1.82, 2.24) is 24.1 Å². The molecule has 0 radical (unpaired) electrons. The molecule has 0 N–H and O–H groups in total. The van der Waals surface area contributed by atoms with Gasteiger partial charge in [0.15, 0.2) is 17.4 Å². The number of rotatable bonds is 7. The van der Waals surface area contributed by atoms with Crippen molar-refractivity contribution in [1.29, 1.82) is 0 Å². The summed E-state index contributed by atoms with van der Waals surface area (Å²) in [6.07, 6.45) is 21.2. The summed E-state index contributed by atoms with van der Waals surface area (Å²) in [6.45, 7) is 0. The summed E-state index contributed by atoms with van der Waals surface area (Å²) in [4.78, 5) is 15.9. The van der Waals surface area contributed by atoms with Gasteiger partial charge in [-0.2, -0.15) is 9.97 Å². The minimum Gasteiger partial charge on any atom is -0.454 e. The van der Waals surface area contributed by atoms with E-state index in [2.05, 4.69) is 215 Å². The minimum atomic E-state index is 0.344. The number of aromatic nitrogens is 5. The van der Waals surface area contributed by atoms with Gasteiger partial charge in [-0.3, -0.25) is 4.57 Å². The fraction of sp³-hybridized carbons (Fsp3) is 0.0952. The van der Waals surface area contributed by atoms with Crippen LogP contribution in [0.25, 0.3) is 105 Å². The lowest BCUT2D eigenvalue weighted by atomic mass is 9.87. The fourth-order valence-corrected chi connectivity index (χ4v) is 11.2. The lowest BCUT2D eigenvalue weighted by molar-refractivity contribution is 0.585. The Bertz CT molecular complexity index is 4040. The standard InChI is InChI=1S/C63H45N5O/c1-3-15-40(16-4-1)42-29-33-44(34-30-42)61-64-62(45-35-31-43(32-36-45)41-17-5-2-6-18-41)66-63(65-61)68-54-25-11-8-21-51(54)59-47(22-13-26-56(59)68)46-37-38-55-52(39-46)48-19-7-10-24-53(48)67(55)57-27-14-23-50-49-20-9-12-28-58(49)69-60(50)57/h1,3-5,7-13,15-22,24-31,33-39,43H,2,6,14,23,32H2. The molecule has 0 fully saturated rings.